The Hall–Kier alpha value is -3.93. The van der Waals surface area contributed by atoms with Crippen molar-refractivity contribution in [3.63, 3.8) is 0 Å². The Balaban J connectivity index is 1.45. The van der Waals surface area contributed by atoms with Crippen LogP contribution in [0.5, 0.6) is 11.5 Å². The molecule has 238 valence electrons. The van der Waals surface area contributed by atoms with E-state index in [1.165, 1.54) is 18.5 Å². The van der Waals surface area contributed by atoms with E-state index in [-0.39, 0.29) is 12.4 Å². The lowest BCUT2D eigenvalue weighted by Gasteiger charge is -2.37. The molecular weight excluding hydrogens is 621 g/mol. The van der Waals surface area contributed by atoms with E-state index >= 15 is 0 Å². The van der Waals surface area contributed by atoms with Gasteiger partial charge in [-0.25, -0.2) is 22.8 Å². The molecule has 0 spiro atoms. The lowest BCUT2D eigenvalue weighted by molar-refractivity contribution is -0.107. The number of ether oxygens (including phenoxy) is 4. The Morgan fingerprint density at radius 3 is 2.53 bits per heavy atom. The van der Waals surface area contributed by atoms with Crippen LogP contribution in [0.15, 0.2) is 73.3 Å². The maximum absolute atomic E-state index is 13.5. The van der Waals surface area contributed by atoms with Crippen molar-refractivity contribution in [3.05, 3.63) is 95.2 Å². The second kappa shape index (κ2) is 13.2. The van der Waals surface area contributed by atoms with Gasteiger partial charge in [0.1, 0.15) is 42.2 Å². The monoisotopic (exact) mass is 655 g/mol. The largest absolute Gasteiger partial charge is 0.496 e. The summed E-state index contributed by atoms with van der Waals surface area (Å²) < 4.78 is 63.1. The zero-order valence-corrected chi connectivity index (χ0v) is 27.2. The zero-order chi connectivity index (χ0) is 32.4. The summed E-state index contributed by atoms with van der Waals surface area (Å²) in [4.78, 5) is 8.94. The van der Waals surface area contributed by atoms with Gasteiger partial charge in [0.2, 0.25) is 0 Å². The molecule has 1 N–H and O–H groups in total. The molecule has 4 aromatic rings. The summed E-state index contributed by atoms with van der Waals surface area (Å²) in [5, 5.41) is 3.74. The molecule has 0 radical (unpaired) electrons. The van der Waals surface area contributed by atoms with Gasteiger partial charge in [0.05, 0.1) is 29.2 Å². The number of hydrogen-bond donors (Lipinski definition) is 1. The normalized spacial score (nSPS) is 17.7. The first-order valence-electron chi connectivity index (χ1n) is 14.4. The molecule has 3 atom stereocenters. The summed E-state index contributed by atoms with van der Waals surface area (Å²) in [6.45, 7) is 6.76. The third kappa shape index (κ3) is 6.70. The molecule has 3 unspecified atom stereocenters. The Morgan fingerprint density at radius 2 is 1.87 bits per heavy atom. The van der Waals surface area contributed by atoms with Crippen molar-refractivity contribution in [2.24, 2.45) is 0 Å². The lowest BCUT2D eigenvalue weighted by Crippen LogP contribution is -2.43. The highest BCUT2D eigenvalue weighted by Gasteiger charge is 2.46. The minimum Gasteiger partial charge on any atom is -0.496 e. The number of methoxy groups -OCH3 is 1. The predicted octanol–water partition coefficient (Wildman–Crippen LogP) is 7.46. The van der Waals surface area contributed by atoms with Crippen LogP contribution in [0, 0.1) is 5.82 Å². The Labute approximate surface area is 267 Å². The SMILES string of the molecule is COc1cc2ncnc(Nc3ccc(OCc4cccc(F)c4)c(Cl)c3)c2cc1C1(C(C)OC(C)S(=O)(=O)C(C)C)CC=CO1. The zero-order valence-electron chi connectivity index (χ0n) is 25.6. The summed E-state index contributed by atoms with van der Waals surface area (Å²) in [5.74, 6) is 1.12. The molecule has 0 amide bonds. The summed E-state index contributed by atoms with van der Waals surface area (Å²) >= 11 is 6.54. The van der Waals surface area contributed by atoms with Gasteiger partial charge in [-0.1, -0.05) is 23.7 Å². The molecule has 1 aromatic heterocycles. The van der Waals surface area contributed by atoms with Crippen LogP contribution in [0.1, 0.15) is 45.2 Å². The first-order chi connectivity index (χ1) is 21.4. The van der Waals surface area contributed by atoms with Crippen molar-refractivity contribution in [2.75, 3.05) is 12.4 Å². The first-order valence-corrected chi connectivity index (χ1v) is 16.4. The van der Waals surface area contributed by atoms with Crippen LogP contribution >= 0.6 is 11.6 Å². The third-order valence-electron chi connectivity index (χ3n) is 7.86. The van der Waals surface area contributed by atoms with Crippen molar-refractivity contribution in [1.82, 2.24) is 9.97 Å². The quantitative estimate of drug-likeness (QED) is 0.166. The molecule has 1 aliphatic rings. The van der Waals surface area contributed by atoms with E-state index in [2.05, 4.69) is 15.3 Å². The maximum atomic E-state index is 13.5. The predicted molar refractivity (Wildman–Crippen MR) is 172 cm³/mol. The van der Waals surface area contributed by atoms with Gasteiger partial charge in [0.25, 0.3) is 0 Å². The minimum absolute atomic E-state index is 0.161. The van der Waals surface area contributed by atoms with Gasteiger partial charge in [0, 0.05) is 29.1 Å². The number of sulfone groups is 1. The number of rotatable bonds is 12. The van der Waals surface area contributed by atoms with E-state index in [4.69, 9.17) is 30.5 Å². The molecule has 0 bridgehead atoms. The van der Waals surface area contributed by atoms with E-state index < -0.39 is 32.2 Å². The summed E-state index contributed by atoms with van der Waals surface area (Å²) in [7, 11) is -1.97. The fourth-order valence-electron chi connectivity index (χ4n) is 5.26. The number of nitrogens with zero attached hydrogens (tertiary/aromatic N) is 2. The van der Waals surface area contributed by atoms with E-state index in [1.54, 1.807) is 77.5 Å². The summed E-state index contributed by atoms with van der Waals surface area (Å²) in [6.07, 6.45) is 4.64. The van der Waals surface area contributed by atoms with E-state index in [1.807, 2.05) is 12.1 Å². The summed E-state index contributed by atoms with van der Waals surface area (Å²) in [5.41, 5.74) is 0.472. The highest BCUT2D eigenvalue weighted by molar-refractivity contribution is 7.92. The van der Waals surface area contributed by atoms with Gasteiger partial charge in [0.15, 0.2) is 20.9 Å². The molecule has 2 heterocycles. The van der Waals surface area contributed by atoms with Crippen molar-refractivity contribution in [3.8, 4) is 11.5 Å². The number of fused-ring (bicyclic) bond motifs is 1. The molecule has 12 heteroatoms. The smallest absolute Gasteiger partial charge is 0.179 e. The van der Waals surface area contributed by atoms with Crippen molar-refractivity contribution >= 4 is 43.8 Å². The van der Waals surface area contributed by atoms with E-state index in [9.17, 15) is 12.8 Å². The van der Waals surface area contributed by atoms with Crippen LogP contribution in [0.3, 0.4) is 0 Å². The molecule has 0 aliphatic carbocycles. The van der Waals surface area contributed by atoms with Crippen LogP contribution in [0.4, 0.5) is 15.9 Å². The number of nitrogens with one attached hydrogen (secondary N) is 1. The molecule has 0 fully saturated rings. The average Bonchev–Trinajstić information content (AvgIpc) is 3.51. The molecule has 9 nitrogen and oxygen atoms in total. The molecule has 0 saturated carbocycles. The van der Waals surface area contributed by atoms with Crippen LogP contribution in [0.25, 0.3) is 10.9 Å². The number of hydrogen-bond acceptors (Lipinski definition) is 9. The number of halogens is 2. The molecule has 45 heavy (non-hydrogen) atoms. The molecule has 5 rings (SSSR count). The molecule has 1 aliphatic heterocycles. The van der Waals surface area contributed by atoms with Crippen LogP contribution in [0.2, 0.25) is 5.02 Å². The van der Waals surface area contributed by atoms with Gasteiger partial charge in [-0.15, -0.1) is 0 Å². The molecule has 0 saturated heterocycles. The highest BCUT2D eigenvalue weighted by Crippen LogP contribution is 2.46. The van der Waals surface area contributed by atoms with E-state index in [0.29, 0.717) is 56.5 Å². The maximum Gasteiger partial charge on any atom is 0.179 e. The standard InChI is InChI=1S/C33H35ClFN3O6S/c1-20(2)45(39,40)22(4)44-21(3)33(12-7-13-43-33)27-16-26-29(17-31(27)41-5)36-19-37-32(26)38-25-10-11-30(28(34)15-25)42-18-23-8-6-9-24(35)14-23/h6-11,13-17,19-22H,12,18H2,1-5H3,(H,36,37,38). The Kier molecular flexibility index (Phi) is 9.52. The number of anilines is 2. The lowest BCUT2D eigenvalue weighted by atomic mass is 9.85. The average molecular weight is 656 g/mol. The topological polar surface area (TPSA) is 109 Å². The second-order valence-corrected chi connectivity index (χ2v) is 14.2. The van der Waals surface area contributed by atoms with Gasteiger partial charge >= 0.3 is 0 Å². The van der Waals surface area contributed by atoms with Gasteiger partial charge in [-0.05, 0) is 75.7 Å². The van der Waals surface area contributed by atoms with Gasteiger partial charge in [-0.3, -0.25) is 0 Å². The molecule has 3 aromatic carbocycles. The first kappa shape index (κ1) is 32.5. The van der Waals surface area contributed by atoms with Crippen LogP contribution in [-0.4, -0.2) is 42.3 Å². The van der Waals surface area contributed by atoms with Crippen molar-refractivity contribution in [2.45, 2.75) is 63.1 Å². The fourth-order valence-corrected chi connectivity index (χ4v) is 6.58. The molecular formula is C33H35ClFN3O6S. The van der Waals surface area contributed by atoms with Gasteiger partial charge < -0.3 is 24.3 Å². The van der Waals surface area contributed by atoms with Gasteiger partial charge in [-0.2, -0.15) is 0 Å². The minimum atomic E-state index is -3.52. The van der Waals surface area contributed by atoms with E-state index in [0.717, 1.165) is 0 Å². The Bertz CT molecular complexity index is 1830. The Morgan fingerprint density at radius 1 is 1.07 bits per heavy atom. The fraction of sp³-hybridized carbons (Fsp3) is 0.333. The third-order valence-corrected chi connectivity index (χ3v) is 10.5. The van der Waals surface area contributed by atoms with Crippen LogP contribution < -0.4 is 14.8 Å². The number of benzene rings is 3. The van der Waals surface area contributed by atoms with Crippen molar-refractivity contribution in [1.29, 1.82) is 0 Å². The van der Waals surface area contributed by atoms with Crippen LogP contribution in [-0.2, 0) is 31.5 Å². The summed E-state index contributed by atoms with van der Waals surface area (Å²) in [6, 6.07) is 15.1. The number of aromatic nitrogens is 2. The van der Waals surface area contributed by atoms with Crippen molar-refractivity contribution < 1.29 is 31.8 Å². The second-order valence-electron chi connectivity index (χ2n) is 11.0. The highest BCUT2D eigenvalue weighted by atomic mass is 35.5.